The van der Waals surface area contributed by atoms with Crippen molar-refractivity contribution in [2.75, 3.05) is 18.1 Å². The molecule has 1 fully saturated rings. The average molecular weight is 317 g/mol. The first-order valence-corrected chi connectivity index (χ1v) is 9.32. The van der Waals surface area contributed by atoms with Crippen LogP contribution in [-0.4, -0.2) is 46.0 Å². The highest BCUT2D eigenvalue weighted by molar-refractivity contribution is 8.06. The lowest BCUT2D eigenvalue weighted by Gasteiger charge is -2.22. The zero-order valence-corrected chi connectivity index (χ0v) is 12.5. The van der Waals surface area contributed by atoms with Crippen LogP contribution in [0.4, 0.5) is 0 Å². The summed E-state index contributed by atoms with van der Waals surface area (Å²) in [5, 5.41) is 1.56. The lowest BCUT2D eigenvalue weighted by Crippen LogP contribution is -2.51. The fraction of sp³-hybridized carbons (Fsp3) is 0.417. The summed E-state index contributed by atoms with van der Waals surface area (Å²) in [7, 11) is -7.55. The minimum Gasteiger partial charge on any atom is -0.305 e. The summed E-state index contributed by atoms with van der Waals surface area (Å²) >= 11 is 0. The molecule has 0 amide bonds. The molecule has 20 heavy (non-hydrogen) atoms. The summed E-state index contributed by atoms with van der Waals surface area (Å²) < 4.78 is 47.3. The van der Waals surface area contributed by atoms with Crippen LogP contribution < -0.4 is 5.32 Å². The van der Waals surface area contributed by atoms with E-state index in [0.717, 1.165) is 5.56 Å². The summed E-state index contributed by atoms with van der Waals surface area (Å²) in [6.45, 7) is 1.88. The van der Waals surface area contributed by atoms with Gasteiger partial charge in [0.2, 0.25) is 9.84 Å². The highest BCUT2D eigenvalue weighted by atomic mass is 32.2. The molecule has 0 saturated carbocycles. The van der Waals surface area contributed by atoms with Gasteiger partial charge in [-0.2, -0.15) is 0 Å². The largest absolute Gasteiger partial charge is 0.305 e. The van der Waals surface area contributed by atoms with Crippen LogP contribution in [0.1, 0.15) is 5.56 Å². The summed E-state index contributed by atoms with van der Waals surface area (Å²) in [5.74, 6) is -0.557. The zero-order chi connectivity index (χ0) is 15.0. The first kappa shape index (κ1) is 15.1. The SMILES string of the molecule is Cc1ccc(S(=O)(=O)C(=O)C2CS(=O)(=O)CCN2)cc1. The second-order valence-electron chi connectivity index (χ2n) is 4.76. The van der Waals surface area contributed by atoms with Gasteiger partial charge in [0.05, 0.1) is 22.4 Å². The van der Waals surface area contributed by atoms with Crippen LogP contribution >= 0.6 is 0 Å². The van der Waals surface area contributed by atoms with E-state index in [1.54, 1.807) is 19.1 Å². The van der Waals surface area contributed by atoms with Gasteiger partial charge in [0.1, 0.15) is 0 Å². The predicted octanol–water partition coefficient (Wildman–Crippen LogP) is -0.318. The molecule has 1 N–H and O–H groups in total. The Morgan fingerprint density at radius 1 is 1.25 bits per heavy atom. The van der Waals surface area contributed by atoms with Crippen molar-refractivity contribution in [2.45, 2.75) is 17.9 Å². The maximum atomic E-state index is 12.2. The maximum Gasteiger partial charge on any atom is 0.268 e. The van der Waals surface area contributed by atoms with Crippen molar-refractivity contribution in [3.8, 4) is 0 Å². The minimum absolute atomic E-state index is 0.0820. The van der Waals surface area contributed by atoms with Gasteiger partial charge in [-0.05, 0) is 19.1 Å². The van der Waals surface area contributed by atoms with E-state index in [1.807, 2.05) is 0 Å². The van der Waals surface area contributed by atoms with Gasteiger partial charge in [-0.1, -0.05) is 17.7 Å². The molecule has 1 aliphatic heterocycles. The highest BCUT2D eigenvalue weighted by Gasteiger charge is 2.37. The third kappa shape index (κ3) is 3.08. The number of hydrogen-bond donors (Lipinski definition) is 1. The Labute approximate surface area is 118 Å². The molecule has 8 heteroatoms. The highest BCUT2D eigenvalue weighted by Crippen LogP contribution is 2.16. The summed E-state index contributed by atoms with van der Waals surface area (Å²) in [6, 6.07) is 4.68. The quantitative estimate of drug-likeness (QED) is 0.803. The Hall–Kier alpha value is -1.25. The van der Waals surface area contributed by atoms with Crippen molar-refractivity contribution < 1.29 is 21.6 Å². The number of sulfone groups is 2. The lowest BCUT2D eigenvalue weighted by atomic mass is 10.2. The molecule has 1 heterocycles. The maximum absolute atomic E-state index is 12.2. The molecule has 0 radical (unpaired) electrons. The topological polar surface area (TPSA) is 97.4 Å². The van der Waals surface area contributed by atoms with E-state index in [-0.39, 0.29) is 17.2 Å². The second kappa shape index (κ2) is 5.27. The van der Waals surface area contributed by atoms with Gasteiger partial charge in [-0.15, -0.1) is 0 Å². The fourth-order valence-electron chi connectivity index (χ4n) is 1.96. The monoisotopic (exact) mass is 317 g/mol. The number of carbonyl (C=O) groups excluding carboxylic acids is 1. The third-order valence-corrected chi connectivity index (χ3v) is 6.48. The first-order chi connectivity index (χ1) is 9.22. The van der Waals surface area contributed by atoms with Crippen molar-refractivity contribution in [1.82, 2.24) is 5.32 Å². The number of aryl methyl sites for hydroxylation is 1. The van der Waals surface area contributed by atoms with E-state index in [0.29, 0.717) is 0 Å². The third-order valence-electron chi connectivity index (χ3n) is 3.11. The zero-order valence-electron chi connectivity index (χ0n) is 10.9. The first-order valence-electron chi connectivity index (χ1n) is 6.02. The standard InChI is InChI=1S/C12H15NO5S2/c1-9-2-4-10(5-3-9)20(17,18)12(14)11-8-19(15,16)7-6-13-11/h2-5,11,13H,6-8H2,1H3. The van der Waals surface area contributed by atoms with Crippen LogP contribution in [0.25, 0.3) is 0 Å². The molecular formula is C12H15NO5S2. The number of hydrogen-bond acceptors (Lipinski definition) is 6. The molecule has 0 aromatic heterocycles. The molecule has 1 aromatic rings. The predicted molar refractivity (Wildman–Crippen MR) is 73.8 cm³/mol. The van der Waals surface area contributed by atoms with Gasteiger partial charge in [0.15, 0.2) is 9.84 Å². The van der Waals surface area contributed by atoms with Gasteiger partial charge in [-0.25, -0.2) is 16.8 Å². The Bertz CT molecular complexity index is 720. The Kier molecular flexibility index (Phi) is 3.99. The second-order valence-corrected chi connectivity index (χ2v) is 8.87. The van der Waals surface area contributed by atoms with Crippen molar-refractivity contribution >= 4 is 24.8 Å². The molecule has 0 spiro atoms. The van der Waals surface area contributed by atoms with E-state index in [1.165, 1.54) is 12.1 Å². The molecular weight excluding hydrogens is 302 g/mol. The van der Waals surface area contributed by atoms with Crippen LogP contribution in [0.2, 0.25) is 0 Å². The van der Waals surface area contributed by atoms with Gasteiger partial charge in [0, 0.05) is 6.54 Å². The summed E-state index contributed by atoms with van der Waals surface area (Å²) in [6.07, 6.45) is 0. The molecule has 1 saturated heterocycles. The van der Waals surface area contributed by atoms with E-state index >= 15 is 0 Å². The molecule has 1 aliphatic rings. The molecule has 1 aromatic carbocycles. The van der Waals surface area contributed by atoms with Gasteiger partial charge < -0.3 is 5.32 Å². The lowest BCUT2D eigenvalue weighted by molar-refractivity contribution is -0.113. The van der Waals surface area contributed by atoms with Crippen LogP contribution in [0.5, 0.6) is 0 Å². The smallest absolute Gasteiger partial charge is 0.268 e. The normalized spacial score (nSPS) is 22.4. The van der Waals surface area contributed by atoms with Crippen molar-refractivity contribution in [2.24, 2.45) is 0 Å². The van der Waals surface area contributed by atoms with E-state index in [2.05, 4.69) is 5.32 Å². The number of rotatable bonds is 2. The number of carbonyl (C=O) groups is 1. The fourth-order valence-corrected chi connectivity index (χ4v) is 4.70. The average Bonchev–Trinajstić information content (AvgIpc) is 2.37. The molecule has 110 valence electrons. The van der Waals surface area contributed by atoms with Crippen molar-refractivity contribution in [3.05, 3.63) is 29.8 Å². The Morgan fingerprint density at radius 3 is 2.40 bits per heavy atom. The van der Waals surface area contributed by atoms with E-state index < -0.39 is 36.6 Å². The summed E-state index contributed by atoms with van der Waals surface area (Å²) in [5.41, 5.74) is 0.870. The summed E-state index contributed by atoms with van der Waals surface area (Å²) in [4.78, 5) is 12.0. The minimum atomic E-state index is -4.17. The van der Waals surface area contributed by atoms with Gasteiger partial charge >= 0.3 is 0 Å². The van der Waals surface area contributed by atoms with E-state index in [9.17, 15) is 21.6 Å². The van der Waals surface area contributed by atoms with Crippen LogP contribution in [0.3, 0.4) is 0 Å². The number of benzene rings is 1. The van der Waals surface area contributed by atoms with Crippen LogP contribution in [0.15, 0.2) is 29.2 Å². The molecule has 1 unspecified atom stereocenters. The van der Waals surface area contributed by atoms with E-state index in [4.69, 9.17) is 0 Å². The Morgan fingerprint density at radius 2 is 1.85 bits per heavy atom. The van der Waals surface area contributed by atoms with Gasteiger partial charge in [-0.3, -0.25) is 4.79 Å². The molecule has 0 bridgehead atoms. The molecule has 6 nitrogen and oxygen atoms in total. The molecule has 0 aliphatic carbocycles. The van der Waals surface area contributed by atoms with Crippen molar-refractivity contribution in [3.63, 3.8) is 0 Å². The molecule has 1 atom stereocenters. The molecule has 2 rings (SSSR count). The number of nitrogens with one attached hydrogen (secondary N) is 1. The van der Waals surface area contributed by atoms with Gasteiger partial charge in [0.25, 0.3) is 5.12 Å². The van der Waals surface area contributed by atoms with Crippen LogP contribution in [0, 0.1) is 6.92 Å². The Balaban J connectivity index is 2.30. The van der Waals surface area contributed by atoms with Crippen molar-refractivity contribution in [1.29, 1.82) is 0 Å². The van der Waals surface area contributed by atoms with Crippen LogP contribution in [-0.2, 0) is 24.5 Å².